The van der Waals surface area contributed by atoms with Crippen molar-refractivity contribution in [3.63, 3.8) is 0 Å². The number of carbonyl (C=O) groups is 1. The van der Waals surface area contributed by atoms with Crippen LogP contribution in [0.15, 0.2) is 73.3 Å². The first-order valence-electron chi connectivity index (χ1n) is 12.5. The monoisotopic (exact) mass is 493 g/mol. The number of likely N-dealkylation sites (tertiary alicyclic amines) is 1. The summed E-state index contributed by atoms with van der Waals surface area (Å²) >= 11 is 0. The van der Waals surface area contributed by atoms with Crippen LogP contribution in [0.3, 0.4) is 0 Å². The Morgan fingerprint density at radius 3 is 2.68 bits per heavy atom. The Bertz CT molecular complexity index is 1690. The highest BCUT2D eigenvalue weighted by atomic mass is 19.1. The molecule has 3 aromatic heterocycles. The maximum absolute atomic E-state index is 15.3. The van der Waals surface area contributed by atoms with Gasteiger partial charge >= 0.3 is 0 Å². The van der Waals surface area contributed by atoms with Crippen molar-refractivity contribution in [2.45, 2.75) is 30.8 Å². The lowest BCUT2D eigenvalue weighted by Gasteiger charge is -2.18. The van der Waals surface area contributed by atoms with Gasteiger partial charge in [-0.1, -0.05) is 30.3 Å². The number of imidazole rings is 1. The molecule has 2 fully saturated rings. The quantitative estimate of drug-likeness (QED) is 0.402. The van der Waals surface area contributed by atoms with E-state index in [1.165, 1.54) is 11.6 Å². The Balaban J connectivity index is 1.27. The van der Waals surface area contributed by atoms with Gasteiger partial charge in [0.15, 0.2) is 0 Å². The van der Waals surface area contributed by atoms with Crippen LogP contribution in [-0.4, -0.2) is 54.5 Å². The highest BCUT2D eigenvalue weighted by molar-refractivity contribution is 5.95. The van der Waals surface area contributed by atoms with E-state index in [2.05, 4.69) is 39.2 Å². The molecule has 7 rings (SSSR count). The van der Waals surface area contributed by atoms with E-state index >= 15 is 4.39 Å². The van der Waals surface area contributed by atoms with Crippen LogP contribution in [0.1, 0.15) is 40.9 Å². The topological polar surface area (TPSA) is 83.6 Å². The molecular formula is C29H24FN5O2. The average Bonchev–Trinajstić information content (AvgIpc) is 3.41. The molecule has 1 aliphatic heterocycles. The summed E-state index contributed by atoms with van der Waals surface area (Å²) in [6.07, 6.45) is 9.13. The number of benzene rings is 2. The van der Waals surface area contributed by atoms with Gasteiger partial charge in [-0.25, -0.2) is 14.4 Å². The van der Waals surface area contributed by atoms with Crippen LogP contribution in [0.2, 0.25) is 0 Å². The molecule has 5 aromatic rings. The molecule has 0 bridgehead atoms. The second-order valence-electron chi connectivity index (χ2n) is 10.0. The van der Waals surface area contributed by atoms with E-state index in [0.29, 0.717) is 29.9 Å². The van der Waals surface area contributed by atoms with Crippen LogP contribution in [0.5, 0.6) is 0 Å². The smallest absolute Gasteiger partial charge is 0.254 e. The minimum Gasteiger partial charge on any atom is -0.391 e. The van der Waals surface area contributed by atoms with Gasteiger partial charge in [-0.15, -0.1) is 0 Å². The van der Waals surface area contributed by atoms with Gasteiger partial charge in [-0.2, -0.15) is 0 Å². The minimum absolute atomic E-state index is 0.220. The number of carbonyl (C=O) groups excluding carboxylic acids is 1. The molecule has 8 heteroatoms. The zero-order valence-electron chi connectivity index (χ0n) is 20.0. The van der Waals surface area contributed by atoms with E-state index in [0.717, 1.165) is 29.4 Å². The van der Waals surface area contributed by atoms with Crippen LogP contribution < -0.4 is 0 Å². The van der Waals surface area contributed by atoms with Crippen molar-refractivity contribution in [1.82, 2.24) is 24.3 Å². The third kappa shape index (κ3) is 3.51. The summed E-state index contributed by atoms with van der Waals surface area (Å²) < 4.78 is 17.2. The number of aliphatic hydroxyl groups is 1. The van der Waals surface area contributed by atoms with Crippen molar-refractivity contribution in [2.75, 3.05) is 13.1 Å². The lowest BCUT2D eigenvalue weighted by molar-refractivity contribution is 0.0764. The van der Waals surface area contributed by atoms with Gasteiger partial charge in [-0.05, 0) is 43.0 Å². The Morgan fingerprint density at radius 1 is 1.05 bits per heavy atom. The Morgan fingerprint density at radius 2 is 1.89 bits per heavy atom. The predicted octanol–water partition coefficient (Wildman–Crippen LogP) is 4.37. The van der Waals surface area contributed by atoms with Crippen molar-refractivity contribution in [3.8, 4) is 11.1 Å². The summed E-state index contributed by atoms with van der Waals surface area (Å²) in [5.41, 5.74) is 4.18. The molecule has 1 saturated carbocycles. The second-order valence-corrected chi connectivity index (χ2v) is 10.0. The number of rotatable bonds is 4. The molecule has 2 aliphatic rings. The zero-order valence-corrected chi connectivity index (χ0v) is 20.0. The van der Waals surface area contributed by atoms with E-state index in [9.17, 15) is 9.90 Å². The average molecular weight is 494 g/mol. The molecule has 1 amide bonds. The first-order chi connectivity index (χ1) is 18.0. The van der Waals surface area contributed by atoms with E-state index in [-0.39, 0.29) is 23.4 Å². The number of hydrogen-bond acceptors (Lipinski definition) is 5. The van der Waals surface area contributed by atoms with E-state index in [4.69, 9.17) is 0 Å². The van der Waals surface area contributed by atoms with Crippen molar-refractivity contribution < 1.29 is 14.3 Å². The minimum atomic E-state index is -0.519. The van der Waals surface area contributed by atoms with Gasteiger partial charge in [-0.3, -0.25) is 14.2 Å². The summed E-state index contributed by atoms with van der Waals surface area (Å²) in [7, 11) is 0. The second kappa shape index (κ2) is 8.18. The normalized spacial score (nSPS) is 18.5. The third-order valence-corrected chi connectivity index (χ3v) is 7.73. The number of fused-ring (bicyclic) bond motifs is 2. The molecule has 4 heterocycles. The Labute approximate surface area is 212 Å². The number of amides is 1. The molecule has 7 nitrogen and oxygen atoms in total. The van der Waals surface area contributed by atoms with Gasteiger partial charge in [0.25, 0.3) is 5.91 Å². The fourth-order valence-electron chi connectivity index (χ4n) is 5.64. The van der Waals surface area contributed by atoms with Crippen LogP contribution >= 0.6 is 0 Å². The van der Waals surface area contributed by atoms with Crippen LogP contribution in [-0.2, 0) is 5.41 Å². The fourth-order valence-corrected chi connectivity index (χ4v) is 5.64. The molecule has 0 radical (unpaired) electrons. The molecule has 184 valence electrons. The molecule has 37 heavy (non-hydrogen) atoms. The molecule has 2 aromatic carbocycles. The van der Waals surface area contributed by atoms with Crippen LogP contribution in [0.4, 0.5) is 4.39 Å². The molecule has 1 saturated heterocycles. The summed E-state index contributed by atoms with van der Waals surface area (Å²) in [6, 6.07) is 14.8. The standard InChI is InChI=1S/C29H24FN5O2/c30-24-13-19(27(37)34-12-8-21(36)17-34)6-7-22(24)20-14-32-28-33-15-25(35(28)16-20)29(9-10-29)23-5-1-3-18-4-2-11-31-26(18)23/h1-7,11,13-16,21,36H,8-10,12,17H2/t21-/m0/s1. The number of para-hydroxylation sites is 1. The van der Waals surface area contributed by atoms with Crippen molar-refractivity contribution in [1.29, 1.82) is 0 Å². The summed E-state index contributed by atoms with van der Waals surface area (Å²) in [4.78, 5) is 28.0. The number of pyridine rings is 1. The molecule has 1 atom stereocenters. The number of aliphatic hydroxyl groups excluding tert-OH is 1. The largest absolute Gasteiger partial charge is 0.391 e. The Hall–Kier alpha value is -4.17. The zero-order chi connectivity index (χ0) is 25.1. The summed E-state index contributed by atoms with van der Waals surface area (Å²) in [5, 5.41) is 10.8. The third-order valence-electron chi connectivity index (χ3n) is 7.73. The first-order valence-corrected chi connectivity index (χ1v) is 12.5. The summed E-state index contributed by atoms with van der Waals surface area (Å²) in [6.45, 7) is 0.751. The highest BCUT2D eigenvalue weighted by Gasteiger charge is 2.49. The summed E-state index contributed by atoms with van der Waals surface area (Å²) in [5.74, 6) is -0.210. The molecule has 0 unspecified atom stereocenters. The maximum Gasteiger partial charge on any atom is 0.254 e. The molecule has 1 aliphatic carbocycles. The van der Waals surface area contributed by atoms with Crippen LogP contribution in [0.25, 0.3) is 27.8 Å². The van der Waals surface area contributed by atoms with Crippen LogP contribution in [0, 0.1) is 5.82 Å². The van der Waals surface area contributed by atoms with Crippen molar-refractivity contribution >= 4 is 22.6 Å². The number of β-amino-alcohol motifs (C(OH)–C–C–N with tert-alkyl or cyclic N) is 1. The first kappa shape index (κ1) is 22.1. The SMILES string of the molecule is O=C(c1ccc(-c2cnc3ncc(C4(c5cccc6cccnc56)CC4)n3c2)c(F)c1)N1CC[C@H](O)C1. The maximum atomic E-state index is 15.3. The molecule has 1 N–H and O–H groups in total. The van der Waals surface area contributed by atoms with Crippen molar-refractivity contribution in [2.24, 2.45) is 0 Å². The number of hydrogen-bond donors (Lipinski definition) is 1. The van der Waals surface area contributed by atoms with E-state index in [1.54, 1.807) is 23.2 Å². The van der Waals surface area contributed by atoms with E-state index < -0.39 is 11.9 Å². The van der Waals surface area contributed by atoms with Gasteiger partial charge in [0, 0.05) is 59.2 Å². The Kier molecular flexibility index (Phi) is 4.87. The lowest BCUT2D eigenvalue weighted by atomic mass is 9.90. The predicted molar refractivity (Wildman–Crippen MR) is 137 cm³/mol. The van der Waals surface area contributed by atoms with Gasteiger partial charge < -0.3 is 10.0 Å². The molecular weight excluding hydrogens is 469 g/mol. The van der Waals surface area contributed by atoms with Crippen molar-refractivity contribution in [3.05, 3.63) is 96.0 Å². The van der Waals surface area contributed by atoms with Gasteiger partial charge in [0.05, 0.1) is 23.5 Å². The number of halogens is 1. The number of aromatic nitrogens is 4. The lowest BCUT2D eigenvalue weighted by Crippen LogP contribution is -2.29. The van der Waals surface area contributed by atoms with Gasteiger partial charge in [0.2, 0.25) is 5.78 Å². The fraction of sp³-hybridized carbons (Fsp3) is 0.241. The van der Waals surface area contributed by atoms with E-state index in [1.807, 2.05) is 29.1 Å². The molecule has 0 spiro atoms. The number of nitrogens with zero attached hydrogens (tertiary/aromatic N) is 5. The van der Waals surface area contributed by atoms with Gasteiger partial charge in [0.1, 0.15) is 5.82 Å². The highest BCUT2D eigenvalue weighted by Crippen LogP contribution is 2.54.